The first-order chi connectivity index (χ1) is 38.9. The summed E-state index contributed by atoms with van der Waals surface area (Å²) in [6.45, 7) is 14.0. The van der Waals surface area contributed by atoms with Gasteiger partial charge in [-0.3, -0.25) is 9.98 Å². The van der Waals surface area contributed by atoms with Crippen molar-refractivity contribution in [2.75, 3.05) is 0 Å². The van der Waals surface area contributed by atoms with Crippen LogP contribution in [-0.2, 0) is 16.2 Å². The van der Waals surface area contributed by atoms with Gasteiger partial charge in [0.2, 0.25) is 0 Å². The lowest BCUT2D eigenvalue weighted by Gasteiger charge is -2.33. The fraction of sp³-hybridized carbons (Fsp3) is 0.506. The van der Waals surface area contributed by atoms with Gasteiger partial charge >= 0.3 is 0 Å². The topological polar surface area (TPSA) is 24.7 Å². The summed E-state index contributed by atoms with van der Waals surface area (Å²) in [6, 6.07) is 47.8. The molecule has 79 heavy (non-hydrogen) atoms. The van der Waals surface area contributed by atoms with Gasteiger partial charge in [-0.25, -0.2) is 0 Å². The van der Waals surface area contributed by atoms with Crippen molar-refractivity contribution in [1.29, 1.82) is 0 Å². The van der Waals surface area contributed by atoms with E-state index in [1.165, 1.54) is 259 Å². The third-order valence-electron chi connectivity index (χ3n) is 19.4. The molecule has 0 heterocycles. The third kappa shape index (κ3) is 12.8. The molecule has 0 radical (unpaired) electrons. The van der Waals surface area contributed by atoms with Gasteiger partial charge in [0.25, 0.3) is 0 Å². The molecule has 2 nitrogen and oxygen atoms in total. The molecular weight excluding hydrogens is 953 g/mol. The summed E-state index contributed by atoms with van der Waals surface area (Å²) in [5.41, 5.74) is 22.4. The first kappa shape index (κ1) is 58.3. The van der Waals surface area contributed by atoms with Crippen LogP contribution in [0.5, 0.6) is 0 Å². The van der Waals surface area contributed by atoms with Gasteiger partial charge in [0.15, 0.2) is 0 Å². The highest BCUT2D eigenvalue weighted by Crippen LogP contribution is 2.58. The van der Waals surface area contributed by atoms with Gasteiger partial charge in [-0.2, -0.15) is 0 Å². The molecule has 0 atom stereocenters. The first-order valence-electron chi connectivity index (χ1n) is 32.8. The van der Waals surface area contributed by atoms with Gasteiger partial charge in [-0.15, -0.1) is 0 Å². The van der Waals surface area contributed by atoms with E-state index in [0.717, 1.165) is 11.4 Å². The smallest absolute Gasteiger partial charge is 0.0633 e. The van der Waals surface area contributed by atoms with Crippen LogP contribution in [0.3, 0.4) is 0 Å². The Morgan fingerprint density at radius 1 is 0.266 bits per heavy atom. The normalized spacial score (nSPS) is 14.9. The third-order valence-corrected chi connectivity index (χ3v) is 19.4. The van der Waals surface area contributed by atoms with Crippen molar-refractivity contribution in [1.82, 2.24) is 0 Å². The Kier molecular flexibility index (Phi) is 21.0. The van der Waals surface area contributed by atoms with E-state index in [-0.39, 0.29) is 16.2 Å². The molecule has 0 amide bonds. The van der Waals surface area contributed by atoms with Gasteiger partial charge < -0.3 is 0 Å². The van der Waals surface area contributed by atoms with Crippen molar-refractivity contribution in [3.05, 3.63) is 166 Å². The maximum atomic E-state index is 5.41. The second kappa shape index (κ2) is 28.4. The Morgan fingerprint density at radius 2 is 0.532 bits per heavy atom. The molecule has 0 unspecified atom stereocenters. The average Bonchev–Trinajstić information content (AvgIpc) is 4.13. The molecular formula is C77H100N2. The SMILES string of the molecule is CCCCCCC1(CCCCCC)c2cc(C=Nc3ccc4c(c3)C(CCCCCC)(CCCCCC)c3ccccc3-4)ccc2-c2ccc(C=Nc3ccc4c(c3)C(CCCCCC)(CCCCCC)c3ccccc3-4)cc21. The second-order valence-electron chi connectivity index (χ2n) is 24.8. The van der Waals surface area contributed by atoms with Crippen molar-refractivity contribution >= 4 is 23.8 Å². The number of hydrogen-bond donors (Lipinski definition) is 0. The minimum absolute atomic E-state index is 0.0527. The minimum atomic E-state index is -0.0527. The van der Waals surface area contributed by atoms with Crippen LogP contribution in [0.2, 0.25) is 0 Å². The standard InChI is InChI=1S/C77H100N2/c1-7-13-19-29-47-75(48-30-20-14-8-2)69-37-27-25-35-63(69)67-45-41-61(55-73(67)75)78-57-59-39-43-65-66-44-40-60(54-72(66)77(71(65)53-59,51-33-23-17-11-5)52-34-24-18-12-6)58-79-62-42-46-68-64-36-26-28-38-70(64)76(74(68)56-62,49-31-21-15-9-3)50-32-22-16-10-4/h25-28,35-46,53-58H,7-24,29-34,47-52H2,1-6H3. The van der Waals surface area contributed by atoms with E-state index in [0.29, 0.717) is 0 Å². The molecule has 3 aliphatic rings. The van der Waals surface area contributed by atoms with Crippen LogP contribution in [0.25, 0.3) is 33.4 Å². The Balaban J connectivity index is 1.05. The van der Waals surface area contributed by atoms with Crippen LogP contribution < -0.4 is 0 Å². The molecule has 418 valence electrons. The fourth-order valence-electron chi connectivity index (χ4n) is 15.1. The molecule has 0 fully saturated rings. The molecule has 0 aromatic heterocycles. The van der Waals surface area contributed by atoms with Crippen molar-refractivity contribution in [2.45, 2.75) is 250 Å². The van der Waals surface area contributed by atoms with E-state index in [4.69, 9.17) is 9.98 Å². The van der Waals surface area contributed by atoms with Gasteiger partial charge in [-0.1, -0.05) is 281 Å². The van der Waals surface area contributed by atoms with Gasteiger partial charge in [-0.05, 0) is 153 Å². The molecule has 6 aromatic rings. The molecule has 0 saturated heterocycles. The van der Waals surface area contributed by atoms with Crippen molar-refractivity contribution < 1.29 is 0 Å². The Hall–Kier alpha value is -5.34. The summed E-state index contributed by atoms with van der Waals surface area (Å²) in [6.07, 6.45) is 42.4. The predicted molar refractivity (Wildman–Crippen MR) is 345 cm³/mol. The Morgan fingerprint density at radius 3 is 0.848 bits per heavy atom. The van der Waals surface area contributed by atoms with E-state index in [1.807, 2.05) is 0 Å². The predicted octanol–water partition coefficient (Wildman–Crippen LogP) is 23.8. The molecule has 9 rings (SSSR count). The monoisotopic (exact) mass is 1050 g/mol. The van der Waals surface area contributed by atoms with Crippen LogP contribution in [0, 0.1) is 0 Å². The summed E-state index contributed by atoms with van der Waals surface area (Å²) in [4.78, 5) is 10.8. The molecule has 0 aliphatic heterocycles. The highest BCUT2D eigenvalue weighted by Gasteiger charge is 2.45. The molecule has 0 spiro atoms. The van der Waals surface area contributed by atoms with E-state index in [1.54, 1.807) is 11.1 Å². The quantitative estimate of drug-likeness (QED) is 0.0284. The van der Waals surface area contributed by atoms with Crippen LogP contribution >= 0.6 is 0 Å². The summed E-state index contributed by atoms with van der Waals surface area (Å²) in [5, 5.41) is 0. The summed E-state index contributed by atoms with van der Waals surface area (Å²) in [7, 11) is 0. The number of hydrogen-bond acceptors (Lipinski definition) is 2. The van der Waals surface area contributed by atoms with E-state index in [2.05, 4.69) is 175 Å². The lowest BCUT2D eigenvalue weighted by Crippen LogP contribution is -2.26. The highest BCUT2D eigenvalue weighted by molar-refractivity contribution is 5.92. The lowest BCUT2D eigenvalue weighted by molar-refractivity contribution is 0.401. The number of fused-ring (bicyclic) bond motifs is 9. The molecule has 2 heteroatoms. The zero-order chi connectivity index (χ0) is 54.9. The van der Waals surface area contributed by atoms with Crippen LogP contribution in [-0.4, -0.2) is 12.4 Å². The van der Waals surface area contributed by atoms with Gasteiger partial charge in [0, 0.05) is 28.7 Å². The molecule has 3 aliphatic carbocycles. The molecule has 0 bridgehead atoms. The van der Waals surface area contributed by atoms with Gasteiger partial charge in [0.1, 0.15) is 0 Å². The summed E-state index contributed by atoms with van der Waals surface area (Å²) in [5.74, 6) is 0. The zero-order valence-corrected chi connectivity index (χ0v) is 50.3. The first-order valence-corrected chi connectivity index (χ1v) is 32.8. The highest BCUT2D eigenvalue weighted by atomic mass is 14.7. The van der Waals surface area contributed by atoms with Crippen molar-refractivity contribution in [3.8, 4) is 33.4 Å². The largest absolute Gasteiger partial charge is 0.256 e. The number of benzene rings is 6. The van der Waals surface area contributed by atoms with Crippen molar-refractivity contribution in [3.63, 3.8) is 0 Å². The average molecular weight is 1050 g/mol. The molecule has 6 aromatic carbocycles. The number of nitrogens with zero attached hydrogens (tertiary/aromatic N) is 2. The summed E-state index contributed by atoms with van der Waals surface area (Å²) < 4.78 is 0. The minimum Gasteiger partial charge on any atom is -0.256 e. The number of aliphatic imine (C=N–C) groups is 2. The maximum absolute atomic E-state index is 5.41. The van der Waals surface area contributed by atoms with Crippen LogP contribution in [0.4, 0.5) is 11.4 Å². The number of rotatable bonds is 34. The Labute approximate surface area is 480 Å². The van der Waals surface area contributed by atoms with Gasteiger partial charge in [0.05, 0.1) is 11.4 Å². The lowest BCUT2D eigenvalue weighted by atomic mass is 9.70. The van der Waals surface area contributed by atoms with E-state index in [9.17, 15) is 0 Å². The second-order valence-corrected chi connectivity index (χ2v) is 24.8. The van der Waals surface area contributed by atoms with E-state index < -0.39 is 0 Å². The van der Waals surface area contributed by atoms with Crippen molar-refractivity contribution in [2.24, 2.45) is 9.98 Å². The van der Waals surface area contributed by atoms with Crippen LogP contribution in [0.15, 0.2) is 131 Å². The Bertz CT molecular complexity index is 2740. The van der Waals surface area contributed by atoms with E-state index >= 15 is 0 Å². The summed E-state index contributed by atoms with van der Waals surface area (Å²) >= 11 is 0. The fourth-order valence-corrected chi connectivity index (χ4v) is 15.1. The maximum Gasteiger partial charge on any atom is 0.0633 e. The number of unbranched alkanes of at least 4 members (excludes halogenated alkanes) is 18. The zero-order valence-electron chi connectivity index (χ0n) is 50.3. The molecule has 0 saturated carbocycles. The molecule has 0 N–H and O–H groups in total. The van der Waals surface area contributed by atoms with Crippen LogP contribution in [0.1, 0.15) is 279 Å².